The maximum absolute atomic E-state index is 12.6. The topological polar surface area (TPSA) is 437 Å². The molecule has 0 aliphatic rings. The van der Waals surface area contributed by atoms with Crippen LogP contribution in [0, 0.1) is 16.2 Å². The zero-order valence-electron chi connectivity index (χ0n) is 59.5. The van der Waals surface area contributed by atoms with Gasteiger partial charge in [-0.3, -0.25) is 67.1 Å². The van der Waals surface area contributed by atoms with Crippen LogP contribution in [0.3, 0.4) is 0 Å². The minimum absolute atomic E-state index is 0.00157. The van der Waals surface area contributed by atoms with Crippen molar-refractivity contribution in [1.29, 1.82) is 0 Å². The Labute approximate surface area is 696 Å². The Morgan fingerprint density at radius 1 is 0.269 bits per heavy atom. The van der Waals surface area contributed by atoms with Crippen LogP contribution in [0.1, 0.15) is 90.9 Å². The lowest BCUT2D eigenvalue weighted by Crippen LogP contribution is -2.56. The molecule has 0 atom stereocenters. The number of ether oxygens (including phenoxy) is 13. The van der Waals surface area contributed by atoms with Crippen LogP contribution in [-0.2, 0) is 149 Å². The second kappa shape index (κ2) is 66.0. The number of esters is 13. The fourth-order valence-electron chi connectivity index (χ4n) is 6.94. The molecule has 0 fully saturated rings. The van der Waals surface area contributed by atoms with E-state index in [0.29, 0.717) is 43.8 Å². The number of hydrogen-bond donors (Lipinski definition) is 14. The first kappa shape index (κ1) is 108. The van der Waals surface area contributed by atoms with Gasteiger partial charge < -0.3 is 66.9 Å². The summed E-state index contributed by atoms with van der Waals surface area (Å²) >= 11 is 50.7. The Kier molecular flexibility index (Phi) is 65.8. The molecule has 0 spiro atoms. The molecule has 1 amide bonds. The summed E-state index contributed by atoms with van der Waals surface area (Å²) in [6, 6.07) is 0. The standard InChI is InChI=1S/C17H28O8S4.C16H24N4O8S2.C15H26O6S3.C13H20O8S4/c18-13(1-5-26)22-9-17(10-23-14(19)2-6-27,11-24-15(20)3-7-28)12-25-16(21)4-8-29;1-2-3-12(22)27-9-19-14(24)18(8-17-11(21)4-6-29)15(25)20(16(19)26)10-28-13(23)5-7-30;1-2-15(9-19-12(16)3-6-22,10-20-13(17)4-7-23)11-21-14(18)5-8-24;14-9(1-22)18-5-13(6-19-10(15)2-23,7-20-11(16)3-24)8-21-12(17)4-25/h26-29H,1-12H2;29-30H,2-10H2,1H3,(H,17,21);22-24H,2-11H2,1H3;22-25H,1-8H2. The highest BCUT2D eigenvalue weighted by Crippen LogP contribution is 2.27. The summed E-state index contributed by atoms with van der Waals surface area (Å²) in [5.74, 6) is -5.71. The van der Waals surface area contributed by atoms with Gasteiger partial charge in [0.05, 0.1) is 79.8 Å². The number of rotatable bonds is 53. The maximum Gasteiger partial charge on any atom is 0.341 e. The summed E-state index contributed by atoms with van der Waals surface area (Å²) in [6.07, 6.45) is 1.88. The molecule has 1 N–H and O–H groups in total. The van der Waals surface area contributed by atoms with Crippen molar-refractivity contribution in [2.75, 3.05) is 147 Å². The SMILES string of the molecule is CCC(COC(=O)CCS)(COC(=O)CCS)COC(=O)CCS.CCCC(=O)OCn1c(=O)n(CNC(=O)CCS)c(=O)n(COC(=O)CCS)c1=O.O=C(CCS)OCC(COC(=O)CCS)(COC(=O)CCS)COC(=O)CCS.O=C(CS)OCC(COC(=O)CS)(COC(=O)CS)COC(=O)CS. The van der Waals surface area contributed by atoms with E-state index < -0.39 is 137 Å². The van der Waals surface area contributed by atoms with E-state index in [1.54, 1.807) is 6.92 Å². The largest absolute Gasteiger partial charge is 0.465 e. The minimum Gasteiger partial charge on any atom is -0.465 e. The molecule has 0 aromatic carbocycles. The third-order valence-corrected chi connectivity index (χ3v) is 16.1. The number of aromatic nitrogens is 3. The van der Waals surface area contributed by atoms with Crippen LogP contribution in [0.25, 0.3) is 0 Å². The van der Waals surface area contributed by atoms with Crippen molar-refractivity contribution >= 4 is 248 Å². The number of nitrogens with one attached hydrogen (secondary N) is 1. The second-order valence-electron chi connectivity index (χ2n) is 21.9. The summed E-state index contributed by atoms with van der Waals surface area (Å²) in [5.41, 5.74) is -6.65. The molecule has 620 valence electrons. The summed E-state index contributed by atoms with van der Waals surface area (Å²) in [4.78, 5) is 200. The summed E-state index contributed by atoms with van der Waals surface area (Å²) in [5, 5.41) is 2.35. The molecule has 108 heavy (non-hydrogen) atoms. The second-order valence-corrected chi connectivity index (χ2v) is 27.2. The van der Waals surface area contributed by atoms with Gasteiger partial charge in [0.15, 0.2) is 13.5 Å². The molecule has 47 heteroatoms. The summed E-state index contributed by atoms with van der Waals surface area (Å²) in [6.45, 7) is -0.899. The molecule has 1 rings (SSSR count). The van der Waals surface area contributed by atoms with E-state index >= 15 is 0 Å². The van der Waals surface area contributed by atoms with Crippen molar-refractivity contribution in [3.63, 3.8) is 0 Å². The number of hydrogen-bond acceptors (Lipinski definition) is 43. The third kappa shape index (κ3) is 51.2. The molecule has 1 aromatic heterocycles. The van der Waals surface area contributed by atoms with Gasteiger partial charge in [-0.1, -0.05) is 13.8 Å². The van der Waals surface area contributed by atoms with E-state index in [-0.39, 0.29) is 194 Å². The van der Waals surface area contributed by atoms with E-state index in [0.717, 1.165) is 0 Å². The fourth-order valence-corrected chi connectivity index (χ4v) is 8.96. The Hall–Kier alpha value is -4.46. The Balaban J connectivity index is -0.00000137. The zero-order chi connectivity index (χ0) is 82.5. The van der Waals surface area contributed by atoms with Crippen LogP contribution < -0.4 is 22.4 Å². The number of nitrogens with zero attached hydrogens (tertiary/aromatic N) is 3. The van der Waals surface area contributed by atoms with Gasteiger partial charge in [-0.15, -0.1) is 0 Å². The van der Waals surface area contributed by atoms with Gasteiger partial charge >= 0.3 is 94.7 Å². The normalized spacial score (nSPS) is 10.8. The first-order valence-corrected chi connectivity index (χ1v) is 40.7. The van der Waals surface area contributed by atoms with E-state index in [4.69, 9.17) is 61.6 Å². The molecular weight excluding hydrogens is 1690 g/mol. The van der Waals surface area contributed by atoms with Crippen molar-refractivity contribution in [3.8, 4) is 0 Å². The molecule has 0 unspecified atom stereocenters. The molecule has 1 heterocycles. The van der Waals surface area contributed by atoms with Crippen molar-refractivity contribution in [2.24, 2.45) is 16.2 Å². The third-order valence-electron chi connectivity index (χ3n) is 13.0. The van der Waals surface area contributed by atoms with Crippen LogP contribution in [-0.4, -0.2) is 245 Å². The predicted molar refractivity (Wildman–Crippen MR) is 434 cm³/mol. The molecule has 0 saturated carbocycles. The number of carbonyl (C=O) groups excluding carboxylic acids is 14. The summed E-state index contributed by atoms with van der Waals surface area (Å²) in [7, 11) is 0. The van der Waals surface area contributed by atoms with Crippen LogP contribution in [0.15, 0.2) is 14.4 Å². The lowest BCUT2D eigenvalue weighted by atomic mass is 9.88. The van der Waals surface area contributed by atoms with Gasteiger partial charge in [-0.25, -0.2) is 28.1 Å². The number of carbonyl (C=O) groups is 14. The monoisotopic (exact) mass is 1780 g/mol. The zero-order valence-corrected chi connectivity index (χ0v) is 71.1. The van der Waals surface area contributed by atoms with Gasteiger partial charge in [0.25, 0.3) is 0 Å². The van der Waals surface area contributed by atoms with Gasteiger partial charge in [0.1, 0.15) is 90.2 Å². The average molecular weight is 1780 g/mol. The van der Waals surface area contributed by atoms with E-state index in [1.165, 1.54) is 0 Å². The lowest BCUT2D eigenvalue weighted by molar-refractivity contribution is -0.172. The van der Waals surface area contributed by atoms with Crippen molar-refractivity contribution < 1.29 is 129 Å². The molecule has 0 radical (unpaired) electrons. The molecule has 0 saturated heterocycles. The fraction of sp³-hybridized carbons (Fsp3) is 0.721. The number of thiol groups is 13. The van der Waals surface area contributed by atoms with E-state index in [1.807, 2.05) is 6.92 Å². The molecular formula is C61H98N4O30S13. The quantitative estimate of drug-likeness (QED) is 0.0252. The van der Waals surface area contributed by atoms with Crippen LogP contribution in [0.2, 0.25) is 0 Å². The highest BCUT2D eigenvalue weighted by Gasteiger charge is 2.40. The van der Waals surface area contributed by atoms with Gasteiger partial charge in [-0.2, -0.15) is 164 Å². The van der Waals surface area contributed by atoms with Crippen LogP contribution >= 0.6 is 164 Å². The Morgan fingerprint density at radius 2 is 0.463 bits per heavy atom. The number of amides is 1. The smallest absolute Gasteiger partial charge is 0.341 e. The van der Waals surface area contributed by atoms with Crippen molar-refractivity contribution in [2.45, 2.75) is 111 Å². The lowest BCUT2D eigenvalue weighted by Gasteiger charge is -2.31. The average Bonchev–Trinajstić information content (AvgIpc) is 0.785. The molecule has 0 aliphatic carbocycles. The molecule has 0 aliphatic heterocycles. The van der Waals surface area contributed by atoms with Crippen LogP contribution in [0.5, 0.6) is 0 Å². The van der Waals surface area contributed by atoms with Crippen LogP contribution in [0.4, 0.5) is 0 Å². The first-order chi connectivity index (χ1) is 51.3. The summed E-state index contributed by atoms with van der Waals surface area (Å²) < 4.78 is 67.8. The van der Waals surface area contributed by atoms with E-state index in [9.17, 15) is 81.5 Å². The van der Waals surface area contributed by atoms with Crippen molar-refractivity contribution in [3.05, 3.63) is 31.5 Å². The maximum atomic E-state index is 12.6. The van der Waals surface area contributed by atoms with Gasteiger partial charge in [0.2, 0.25) is 5.91 Å². The molecule has 0 bridgehead atoms. The van der Waals surface area contributed by atoms with Crippen molar-refractivity contribution in [1.82, 2.24) is 19.0 Å². The van der Waals surface area contributed by atoms with Gasteiger partial charge in [-0.05, 0) is 18.6 Å². The predicted octanol–water partition coefficient (Wildman–Crippen LogP) is 1.95. The Morgan fingerprint density at radius 3 is 0.667 bits per heavy atom. The molecule has 34 nitrogen and oxygen atoms in total. The highest BCUT2D eigenvalue weighted by molar-refractivity contribution is 7.82. The first-order valence-electron chi connectivity index (χ1n) is 32.5. The van der Waals surface area contributed by atoms with Gasteiger partial charge in [0, 0.05) is 58.9 Å². The highest BCUT2D eigenvalue weighted by atomic mass is 32.1. The molecule has 1 aromatic rings. The van der Waals surface area contributed by atoms with E-state index in [2.05, 4.69) is 169 Å². The Bertz CT molecular complexity index is 2740. The minimum atomic E-state index is -1.28.